The van der Waals surface area contributed by atoms with E-state index < -0.39 is 10.0 Å². The molecule has 1 saturated heterocycles. The van der Waals surface area contributed by atoms with Gasteiger partial charge < -0.3 is 5.32 Å². The Bertz CT molecular complexity index is 613. The smallest absolute Gasteiger partial charge is 0.243 e. The van der Waals surface area contributed by atoms with E-state index in [0.717, 1.165) is 44.3 Å². The average molecular weight is 381 g/mol. The topological polar surface area (TPSA) is 49.4 Å². The lowest BCUT2D eigenvalue weighted by molar-refractivity contribution is 0.246. The fraction of sp³-hybridized carbons (Fsp3) is 0.714. The second-order valence-corrected chi connectivity index (χ2v) is 9.28. The molecule has 1 aromatic carbocycles. The molecule has 4 nitrogen and oxygen atoms in total. The quantitative estimate of drug-likeness (QED) is 0.522. The van der Waals surface area contributed by atoms with Gasteiger partial charge in [-0.1, -0.05) is 52.4 Å². The lowest BCUT2D eigenvalue weighted by Crippen LogP contribution is -2.43. The summed E-state index contributed by atoms with van der Waals surface area (Å²) in [5, 5.41) is 3.41. The van der Waals surface area contributed by atoms with E-state index in [1.165, 1.54) is 32.1 Å². The highest BCUT2D eigenvalue weighted by Crippen LogP contribution is 2.27. The standard InChI is InChI=1S/C21H36N2O2S/c1-3-5-6-7-8-10-17-22-19-13-15-21(16-14-19)26(24,25)23-18-11-9-12-20(23)4-2/h13-16,20,22H,3-12,17-18H2,1-2H3. The van der Waals surface area contributed by atoms with Crippen LogP contribution >= 0.6 is 0 Å². The number of anilines is 1. The van der Waals surface area contributed by atoms with Crippen molar-refractivity contribution in [2.45, 2.75) is 89.0 Å². The van der Waals surface area contributed by atoms with Crippen LogP contribution in [0.3, 0.4) is 0 Å². The summed E-state index contributed by atoms with van der Waals surface area (Å²) in [5.74, 6) is 0. The monoisotopic (exact) mass is 380 g/mol. The Morgan fingerprint density at radius 2 is 1.69 bits per heavy atom. The van der Waals surface area contributed by atoms with E-state index in [-0.39, 0.29) is 6.04 Å². The summed E-state index contributed by atoms with van der Waals surface area (Å²) in [7, 11) is -3.37. The number of sulfonamides is 1. The van der Waals surface area contributed by atoms with Crippen LogP contribution in [0.25, 0.3) is 0 Å². The van der Waals surface area contributed by atoms with Gasteiger partial charge in [0.2, 0.25) is 10.0 Å². The van der Waals surface area contributed by atoms with Crippen LogP contribution in [0, 0.1) is 0 Å². The largest absolute Gasteiger partial charge is 0.385 e. The summed E-state index contributed by atoms with van der Waals surface area (Å²) in [6, 6.07) is 7.45. The fourth-order valence-corrected chi connectivity index (χ4v) is 5.48. The van der Waals surface area contributed by atoms with Gasteiger partial charge in [-0.15, -0.1) is 0 Å². The molecule has 1 aliphatic rings. The maximum absolute atomic E-state index is 13.0. The normalized spacial score (nSPS) is 18.8. The molecule has 148 valence electrons. The molecule has 26 heavy (non-hydrogen) atoms. The minimum absolute atomic E-state index is 0.152. The molecule has 1 fully saturated rings. The Morgan fingerprint density at radius 3 is 2.38 bits per heavy atom. The fourth-order valence-electron chi connectivity index (χ4n) is 3.72. The van der Waals surface area contributed by atoms with Crippen LogP contribution in [0.1, 0.15) is 78.1 Å². The number of hydrogen-bond donors (Lipinski definition) is 1. The van der Waals surface area contributed by atoms with E-state index in [9.17, 15) is 8.42 Å². The molecule has 0 aliphatic carbocycles. The Hall–Kier alpha value is -1.07. The SMILES string of the molecule is CCCCCCCCNc1ccc(S(=O)(=O)N2CCCCC2CC)cc1. The van der Waals surface area contributed by atoms with Crippen LogP contribution in [0.15, 0.2) is 29.2 Å². The molecular weight excluding hydrogens is 344 g/mol. The summed E-state index contributed by atoms with van der Waals surface area (Å²) >= 11 is 0. The Morgan fingerprint density at radius 1 is 1.00 bits per heavy atom. The van der Waals surface area contributed by atoms with Gasteiger partial charge >= 0.3 is 0 Å². The lowest BCUT2D eigenvalue weighted by atomic mass is 10.0. The van der Waals surface area contributed by atoms with Gasteiger partial charge in [-0.3, -0.25) is 0 Å². The molecular formula is C21H36N2O2S. The van der Waals surface area contributed by atoms with Crippen LogP contribution in [-0.2, 0) is 10.0 Å². The molecule has 1 aromatic rings. The van der Waals surface area contributed by atoms with Gasteiger partial charge in [-0.2, -0.15) is 4.31 Å². The minimum Gasteiger partial charge on any atom is -0.385 e. The number of hydrogen-bond acceptors (Lipinski definition) is 3. The highest BCUT2D eigenvalue weighted by molar-refractivity contribution is 7.89. The van der Waals surface area contributed by atoms with Gasteiger partial charge in [0.05, 0.1) is 4.90 Å². The van der Waals surface area contributed by atoms with Crippen molar-refractivity contribution >= 4 is 15.7 Å². The molecule has 5 heteroatoms. The lowest BCUT2D eigenvalue weighted by Gasteiger charge is -2.34. The van der Waals surface area contributed by atoms with Crippen molar-refractivity contribution in [2.24, 2.45) is 0 Å². The second-order valence-electron chi connectivity index (χ2n) is 7.39. The highest BCUT2D eigenvalue weighted by Gasteiger charge is 2.32. The summed E-state index contributed by atoms with van der Waals surface area (Å²) < 4.78 is 27.6. The third-order valence-electron chi connectivity index (χ3n) is 5.36. The first-order valence-corrected chi connectivity index (χ1v) is 11.9. The molecule has 2 rings (SSSR count). The number of unbranched alkanes of at least 4 members (excludes halogenated alkanes) is 5. The molecule has 1 unspecified atom stereocenters. The highest BCUT2D eigenvalue weighted by atomic mass is 32.2. The van der Waals surface area contributed by atoms with Gasteiger partial charge in [0.1, 0.15) is 0 Å². The Kier molecular flexibility index (Phi) is 8.93. The van der Waals surface area contributed by atoms with E-state index in [0.29, 0.717) is 11.4 Å². The third-order valence-corrected chi connectivity index (χ3v) is 7.33. The van der Waals surface area contributed by atoms with Crippen molar-refractivity contribution in [2.75, 3.05) is 18.4 Å². The van der Waals surface area contributed by atoms with Gasteiger partial charge in [-0.25, -0.2) is 8.42 Å². The van der Waals surface area contributed by atoms with Crippen molar-refractivity contribution in [3.63, 3.8) is 0 Å². The van der Waals surface area contributed by atoms with E-state index in [1.807, 2.05) is 12.1 Å². The molecule has 1 aliphatic heterocycles. The summed E-state index contributed by atoms with van der Waals surface area (Å²) in [4.78, 5) is 0.419. The summed E-state index contributed by atoms with van der Waals surface area (Å²) in [6.45, 7) is 5.91. The molecule has 1 atom stereocenters. The van der Waals surface area contributed by atoms with Gasteiger partial charge in [0.25, 0.3) is 0 Å². The van der Waals surface area contributed by atoms with Crippen LogP contribution in [0.2, 0.25) is 0 Å². The molecule has 0 spiro atoms. The predicted molar refractivity (Wildman–Crippen MR) is 110 cm³/mol. The minimum atomic E-state index is -3.37. The third kappa shape index (κ3) is 5.98. The number of nitrogens with one attached hydrogen (secondary N) is 1. The molecule has 0 saturated carbocycles. The van der Waals surface area contributed by atoms with E-state index in [4.69, 9.17) is 0 Å². The Balaban J connectivity index is 1.86. The first kappa shape index (κ1) is 21.2. The van der Waals surface area contributed by atoms with Crippen molar-refractivity contribution < 1.29 is 8.42 Å². The Labute approximate surface area is 160 Å². The van der Waals surface area contributed by atoms with Crippen molar-refractivity contribution in [1.82, 2.24) is 4.31 Å². The molecule has 0 bridgehead atoms. The van der Waals surface area contributed by atoms with Gasteiger partial charge in [0.15, 0.2) is 0 Å². The zero-order chi connectivity index (χ0) is 18.8. The predicted octanol–water partition coefficient (Wildman–Crippen LogP) is 5.41. The van der Waals surface area contributed by atoms with E-state index >= 15 is 0 Å². The molecule has 1 N–H and O–H groups in total. The van der Waals surface area contributed by atoms with Crippen LogP contribution in [-0.4, -0.2) is 31.9 Å². The average Bonchev–Trinajstić information content (AvgIpc) is 2.67. The number of nitrogens with zero attached hydrogens (tertiary/aromatic N) is 1. The van der Waals surface area contributed by atoms with Gasteiger partial charge in [-0.05, 0) is 49.9 Å². The maximum Gasteiger partial charge on any atom is 0.243 e. The first-order chi connectivity index (χ1) is 12.6. The molecule has 0 radical (unpaired) electrons. The van der Waals surface area contributed by atoms with Crippen molar-refractivity contribution in [3.05, 3.63) is 24.3 Å². The zero-order valence-corrected chi connectivity index (χ0v) is 17.4. The van der Waals surface area contributed by atoms with E-state index in [2.05, 4.69) is 19.2 Å². The van der Waals surface area contributed by atoms with Crippen LogP contribution in [0.4, 0.5) is 5.69 Å². The van der Waals surface area contributed by atoms with Crippen LogP contribution in [0.5, 0.6) is 0 Å². The second kappa shape index (κ2) is 10.9. The number of rotatable bonds is 11. The summed E-state index contributed by atoms with van der Waals surface area (Å²) in [6.07, 6.45) is 11.6. The van der Waals surface area contributed by atoms with Gasteiger partial charge in [0, 0.05) is 24.8 Å². The summed E-state index contributed by atoms with van der Waals surface area (Å²) in [5.41, 5.74) is 1.00. The number of benzene rings is 1. The number of piperidine rings is 1. The molecule has 0 aromatic heterocycles. The zero-order valence-electron chi connectivity index (χ0n) is 16.5. The van der Waals surface area contributed by atoms with Crippen molar-refractivity contribution in [3.8, 4) is 0 Å². The van der Waals surface area contributed by atoms with Crippen molar-refractivity contribution in [1.29, 1.82) is 0 Å². The molecule has 1 heterocycles. The van der Waals surface area contributed by atoms with E-state index in [1.54, 1.807) is 16.4 Å². The van der Waals surface area contributed by atoms with Crippen LogP contribution < -0.4 is 5.32 Å². The maximum atomic E-state index is 13.0. The first-order valence-electron chi connectivity index (χ1n) is 10.5. The molecule has 0 amide bonds.